The monoisotopic (exact) mass is 416 g/mol. The lowest BCUT2D eigenvalue weighted by molar-refractivity contribution is -0.130. The number of piperazine rings is 1. The van der Waals surface area contributed by atoms with Crippen LogP contribution in [0.1, 0.15) is 49.1 Å². The lowest BCUT2D eigenvalue weighted by atomic mass is 10.1. The van der Waals surface area contributed by atoms with Gasteiger partial charge in [0.15, 0.2) is 5.69 Å². The number of aromatic nitrogens is 1. The summed E-state index contributed by atoms with van der Waals surface area (Å²) in [5, 5.41) is 0. The number of nitrogens with zero attached hydrogens (tertiary/aromatic N) is 4. The number of oxazole rings is 1. The van der Waals surface area contributed by atoms with Crippen LogP contribution in [0, 0.1) is 5.82 Å². The molecule has 2 aromatic rings. The van der Waals surface area contributed by atoms with Crippen molar-refractivity contribution >= 4 is 11.8 Å². The maximum atomic E-state index is 14.1. The highest BCUT2D eigenvalue weighted by Crippen LogP contribution is 2.18. The Bertz CT molecular complexity index is 877. The molecule has 1 aromatic carbocycles. The van der Waals surface area contributed by atoms with Crippen LogP contribution < -0.4 is 0 Å². The van der Waals surface area contributed by atoms with E-state index in [9.17, 15) is 14.0 Å². The maximum Gasteiger partial charge on any atom is 0.275 e. The number of carbonyl (C=O) groups excluding carboxylic acids is 2. The number of rotatable bonds is 7. The molecule has 162 valence electrons. The molecule has 0 radical (unpaired) electrons. The van der Waals surface area contributed by atoms with Gasteiger partial charge in [0, 0.05) is 51.3 Å². The van der Waals surface area contributed by atoms with E-state index in [0.29, 0.717) is 50.7 Å². The van der Waals surface area contributed by atoms with E-state index in [4.69, 9.17) is 4.42 Å². The molecule has 1 unspecified atom stereocenters. The summed E-state index contributed by atoms with van der Waals surface area (Å²) >= 11 is 0. The van der Waals surface area contributed by atoms with Gasteiger partial charge in [-0.15, -0.1) is 0 Å². The standard InChI is InChI=1S/C22H29FN4O3/c1-4-16(2)27(13-18-7-5-6-8-19(18)23)14-21-24-20(15-30-21)22(29)26-11-9-25(10-12-26)17(3)28/h5-8,15-16H,4,9-14H2,1-3H3. The molecule has 2 amide bonds. The Labute approximate surface area is 176 Å². The fraction of sp³-hybridized carbons (Fsp3) is 0.500. The quantitative estimate of drug-likeness (QED) is 0.694. The van der Waals surface area contributed by atoms with Gasteiger partial charge in [0.2, 0.25) is 11.8 Å². The molecule has 1 saturated heterocycles. The van der Waals surface area contributed by atoms with E-state index in [0.717, 1.165) is 6.42 Å². The number of hydrogen-bond donors (Lipinski definition) is 0. The first-order chi connectivity index (χ1) is 14.4. The molecule has 1 aliphatic rings. The van der Waals surface area contributed by atoms with Crippen molar-refractivity contribution in [2.24, 2.45) is 0 Å². The molecular formula is C22H29FN4O3. The molecule has 1 aromatic heterocycles. The summed E-state index contributed by atoms with van der Waals surface area (Å²) in [6, 6.07) is 6.92. The average molecular weight is 416 g/mol. The second kappa shape index (κ2) is 9.84. The van der Waals surface area contributed by atoms with Gasteiger partial charge in [-0.05, 0) is 19.4 Å². The Balaban J connectivity index is 1.65. The SMILES string of the molecule is CCC(C)N(Cc1nc(C(=O)N2CCN(C(C)=O)CC2)co1)Cc1ccccc1F. The highest BCUT2D eigenvalue weighted by atomic mass is 19.1. The van der Waals surface area contributed by atoms with E-state index < -0.39 is 0 Å². The van der Waals surface area contributed by atoms with Crippen LogP contribution in [0.15, 0.2) is 34.9 Å². The number of benzene rings is 1. The molecule has 1 atom stereocenters. The third kappa shape index (κ3) is 5.24. The zero-order valence-corrected chi connectivity index (χ0v) is 17.8. The van der Waals surface area contributed by atoms with E-state index in [1.165, 1.54) is 19.3 Å². The van der Waals surface area contributed by atoms with E-state index in [1.54, 1.807) is 21.9 Å². The molecule has 1 fully saturated rings. The Kier molecular flexibility index (Phi) is 7.20. The Morgan fingerprint density at radius 3 is 2.47 bits per heavy atom. The number of carbonyl (C=O) groups is 2. The highest BCUT2D eigenvalue weighted by Gasteiger charge is 2.26. The van der Waals surface area contributed by atoms with Crippen LogP contribution in [0.3, 0.4) is 0 Å². The van der Waals surface area contributed by atoms with Gasteiger partial charge in [-0.1, -0.05) is 25.1 Å². The Hall–Kier alpha value is -2.74. The van der Waals surface area contributed by atoms with Gasteiger partial charge in [0.25, 0.3) is 5.91 Å². The first-order valence-corrected chi connectivity index (χ1v) is 10.4. The molecule has 1 aliphatic heterocycles. The van der Waals surface area contributed by atoms with Gasteiger partial charge in [-0.3, -0.25) is 14.5 Å². The van der Waals surface area contributed by atoms with Gasteiger partial charge in [0.05, 0.1) is 6.54 Å². The zero-order chi connectivity index (χ0) is 21.7. The first-order valence-electron chi connectivity index (χ1n) is 10.4. The van der Waals surface area contributed by atoms with Gasteiger partial charge in [-0.2, -0.15) is 0 Å². The van der Waals surface area contributed by atoms with Gasteiger partial charge in [0.1, 0.15) is 12.1 Å². The van der Waals surface area contributed by atoms with Crippen LogP contribution in [0.25, 0.3) is 0 Å². The predicted octanol–water partition coefficient (Wildman–Crippen LogP) is 2.92. The van der Waals surface area contributed by atoms with Crippen molar-refractivity contribution in [1.29, 1.82) is 0 Å². The van der Waals surface area contributed by atoms with Crippen LogP contribution in [0.4, 0.5) is 4.39 Å². The highest BCUT2D eigenvalue weighted by molar-refractivity contribution is 5.92. The summed E-state index contributed by atoms with van der Waals surface area (Å²) in [7, 11) is 0. The Morgan fingerprint density at radius 2 is 1.83 bits per heavy atom. The molecule has 0 spiro atoms. The number of halogens is 1. The van der Waals surface area contributed by atoms with Crippen molar-refractivity contribution in [3.05, 3.63) is 53.5 Å². The minimum Gasteiger partial charge on any atom is -0.447 e. The normalized spacial score (nSPS) is 15.5. The summed E-state index contributed by atoms with van der Waals surface area (Å²) in [4.78, 5) is 34.1. The molecule has 3 rings (SSSR count). The molecule has 7 nitrogen and oxygen atoms in total. The third-order valence-electron chi connectivity index (χ3n) is 5.67. The smallest absolute Gasteiger partial charge is 0.275 e. The van der Waals surface area contributed by atoms with Crippen LogP contribution >= 0.6 is 0 Å². The molecule has 30 heavy (non-hydrogen) atoms. The summed E-state index contributed by atoms with van der Waals surface area (Å²) < 4.78 is 19.7. The summed E-state index contributed by atoms with van der Waals surface area (Å²) in [5.41, 5.74) is 0.875. The van der Waals surface area contributed by atoms with Crippen molar-refractivity contribution in [2.45, 2.75) is 46.3 Å². The fourth-order valence-electron chi connectivity index (χ4n) is 3.51. The lowest BCUT2D eigenvalue weighted by Gasteiger charge is -2.33. The van der Waals surface area contributed by atoms with Crippen LogP contribution in [-0.4, -0.2) is 63.7 Å². The van der Waals surface area contributed by atoms with Crippen molar-refractivity contribution in [3.8, 4) is 0 Å². The van der Waals surface area contributed by atoms with Crippen molar-refractivity contribution in [3.63, 3.8) is 0 Å². The second-order valence-electron chi connectivity index (χ2n) is 7.68. The average Bonchev–Trinajstić information content (AvgIpc) is 3.22. The molecular weight excluding hydrogens is 387 g/mol. The lowest BCUT2D eigenvalue weighted by Crippen LogP contribution is -2.50. The second-order valence-corrected chi connectivity index (χ2v) is 7.68. The minimum atomic E-state index is -0.237. The van der Waals surface area contributed by atoms with Crippen LogP contribution in [0.5, 0.6) is 0 Å². The molecule has 2 heterocycles. The zero-order valence-electron chi connectivity index (χ0n) is 17.8. The third-order valence-corrected chi connectivity index (χ3v) is 5.67. The largest absolute Gasteiger partial charge is 0.447 e. The van der Waals surface area contributed by atoms with Crippen LogP contribution in [-0.2, 0) is 17.9 Å². The van der Waals surface area contributed by atoms with Crippen molar-refractivity contribution in [1.82, 2.24) is 19.7 Å². The van der Waals surface area contributed by atoms with Crippen molar-refractivity contribution in [2.75, 3.05) is 26.2 Å². The summed E-state index contributed by atoms with van der Waals surface area (Å²) in [6.07, 6.45) is 2.27. The fourth-order valence-corrected chi connectivity index (χ4v) is 3.51. The maximum absolute atomic E-state index is 14.1. The molecule has 0 aliphatic carbocycles. The van der Waals surface area contributed by atoms with Gasteiger partial charge < -0.3 is 14.2 Å². The minimum absolute atomic E-state index is 0.0193. The number of amides is 2. The van der Waals surface area contributed by atoms with E-state index in [2.05, 4.69) is 23.7 Å². The topological polar surface area (TPSA) is 69.9 Å². The van der Waals surface area contributed by atoms with E-state index in [1.807, 2.05) is 6.07 Å². The van der Waals surface area contributed by atoms with Crippen LogP contribution in [0.2, 0.25) is 0 Å². The van der Waals surface area contributed by atoms with Crippen molar-refractivity contribution < 1.29 is 18.4 Å². The first kappa shape index (κ1) is 22.0. The van der Waals surface area contributed by atoms with Gasteiger partial charge >= 0.3 is 0 Å². The van der Waals surface area contributed by atoms with Gasteiger partial charge in [-0.25, -0.2) is 9.37 Å². The summed E-state index contributed by atoms with van der Waals surface area (Å²) in [6.45, 7) is 8.50. The summed E-state index contributed by atoms with van der Waals surface area (Å²) in [5.74, 6) is 0.0133. The molecule has 0 saturated carbocycles. The molecule has 8 heteroatoms. The van der Waals surface area contributed by atoms with E-state index >= 15 is 0 Å². The molecule has 0 N–H and O–H groups in total. The molecule has 0 bridgehead atoms. The van der Waals surface area contributed by atoms with E-state index in [-0.39, 0.29) is 29.4 Å². The number of hydrogen-bond acceptors (Lipinski definition) is 5. The predicted molar refractivity (Wildman–Crippen MR) is 110 cm³/mol. The Morgan fingerprint density at radius 1 is 1.17 bits per heavy atom.